The molecule has 0 unspecified atom stereocenters. The van der Waals surface area contributed by atoms with Gasteiger partial charge in [-0.3, -0.25) is 4.79 Å². The van der Waals surface area contributed by atoms with Crippen molar-refractivity contribution < 1.29 is 9.18 Å². The number of aryl methyl sites for hydroxylation is 2. The Balaban J connectivity index is 2.39. The monoisotopic (exact) mass is 330 g/mol. The standard InChI is InChI=1S/C18H16ClFN2O/c1-10-14-8-13(20)9-15(11-4-6-12(19)7-5-11)17(14)22(3)16(10)18(23)21-2/h4-9H,1-3H3,(H,21,23). The van der Waals surface area contributed by atoms with Gasteiger partial charge in [0.25, 0.3) is 5.91 Å². The number of nitrogens with one attached hydrogen (secondary N) is 1. The fraction of sp³-hybridized carbons (Fsp3) is 0.167. The van der Waals surface area contributed by atoms with Crippen LogP contribution in [0.15, 0.2) is 36.4 Å². The third-order valence-corrected chi connectivity index (χ3v) is 4.35. The van der Waals surface area contributed by atoms with Crippen molar-refractivity contribution in [2.75, 3.05) is 7.05 Å². The highest BCUT2D eigenvalue weighted by Crippen LogP contribution is 2.34. The quantitative estimate of drug-likeness (QED) is 0.746. The number of aromatic nitrogens is 1. The first-order chi connectivity index (χ1) is 10.9. The lowest BCUT2D eigenvalue weighted by Gasteiger charge is -2.09. The van der Waals surface area contributed by atoms with Gasteiger partial charge in [-0.15, -0.1) is 0 Å². The number of amides is 1. The minimum atomic E-state index is -0.334. The highest BCUT2D eigenvalue weighted by Gasteiger charge is 2.20. The molecule has 23 heavy (non-hydrogen) atoms. The van der Waals surface area contributed by atoms with Gasteiger partial charge in [0.1, 0.15) is 11.5 Å². The fourth-order valence-corrected chi connectivity index (χ4v) is 3.15. The second-order valence-electron chi connectivity index (χ2n) is 5.47. The summed E-state index contributed by atoms with van der Waals surface area (Å²) in [6.07, 6.45) is 0. The first-order valence-electron chi connectivity index (χ1n) is 7.20. The molecule has 1 aromatic heterocycles. The van der Waals surface area contributed by atoms with Crippen LogP contribution in [0, 0.1) is 12.7 Å². The molecular weight excluding hydrogens is 315 g/mol. The van der Waals surface area contributed by atoms with Gasteiger partial charge in [-0.1, -0.05) is 23.7 Å². The zero-order chi connectivity index (χ0) is 16.7. The molecule has 0 atom stereocenters. The second kappa shape index (κ2) is 5.70. The smallest absolute Gasteiger partial charge is 0.267 e. The first kappa shape index (κ1) is 15.6. The van der Waals surface area contributed by atoms with Gasteiger partial charge < -0.3 is 9.88 Å². The van der Waals surface area contributed by atoms with Crippen molar-refractivity contribution in [3.05, 3.63) is 58.5 Å². The summed E-state index contributed by atoms with van der Waals surface area (Å²) < 4.78 is 15.9. The minimum absolute atomic E-state index is 0.191. The lowest BCUT2D eigenvalue weighted by Crippen LogP contribution is -2.21. The molecule has 0 aliphatic carbocycles. The molecule has 0 aliphatic rings. The van der Waals surface area contributed by atoms with Gasteiger partial charge in [-0.2, -0.15) is 0 Å². The number of rotatable bonds is 2. The lowest BCUT2D eigenvalue weighted by atomic mass is 10.0. The Kier molecular flexibility index (Phi) is 3.86. The SMILES string of the molecule is CNC(=O)c1c(C)c2cc(F)cc(-c3ccc(Cl)cc3)c2n1C. The average molecular weight is 331 g/mol. The van der Waals surface area contributed by atoms with Crippen molar-refractivity contribution in [3.63, 3.8) is 0 Å². The predicted molar refractivity (Wildman–Crippen MR) is 91.5 cm³/mol. The van der Waals surface area contributed by atoms with E-state index >= 15 is 0 Å². The van der Waals surface area contributed by atoms with Crippen LogP contribution >= 0.6 is 11.6 Å². The van der Waals surface area contributed by atoms with E-state index in [1.165, 1.54) is 12.1 Å². The zero-order valence-electron chi connectivity index (χ0n) is 13.1. The third-order valence-electron chi connectivity index (χ3n) is 4.10. The summed E-state index contributed by atoms with van der Waals surface area (Å²) in [5, 5.41) is 3.99. The first-order valence-corrected chi connectivity index (χ1v) is 7.58. The highest BCUT2D eigenvalue weighted by molar-refractivity contribution is 6.30. The van der Waals surface area contributed by atoms with Crippen LogP contribution in [0.2, 0.25) is 5.02 Å². The summed E-state index contributed by atoms with van der Waals surface area (Å²) in [5.74, 6) is -0.525. The number of hydrogen-bond donors (Lipinski definition) is 1. The molecule has 0 bridgehead atoms. The predicted octanol–water partition coefficient (Wildman–Crippen LogP) is 4.31. The largest absolute Gasteiger partial charge is 0.354 e. The number of hydrogen-bond acceptors (Lipinski definition) is 1. The highest BCUT2D eigenvalue weighted by atomic mass is 35.5. The van der Waals surface area contributed by atoms with E-state index in [9.17, 15) is 9.18 Å². The van der Waals surface area contributed by atoms with Gasteiger partial charge in [-0.05, 0) is 42.3 Å². The number of carbonyl (C=O) groups is 1. The van der Waals surface area contributed by atoms with Crippen molar-refractivity contribution in [2.24, 2.45) is 7.05 Å². The van der Waals surface area contributed by atoms with Gasteiger partial charge in [-0.25, -0.2) is 4.39 Å². The maximum absolute atomic E-state index is 14.1. The van der Waals surface area contributed by atoms with Crippen molar-refractivity contribution in [1.29, 1.82) is 0 Å². The van der Waals surface area contributed by atoms with E-state index in [0.717, 1.165) is 27.6 Å². The Morgan fingerprint density at radius 3 is 2.48 bits per heavy atom. The maximum Gasteiger partial charge on any atom is 0.267 e. The fourth-order valence-electron chi connectivity index (χ4n) is 3.03. The Hall–Kier alpha value is -2.33. The van der Waals surface area contributed by atoms with Crippen molar-refractivity contribution in [2.45, 2.75) is 6.92 Å². The van der Waals surface area contributed by atoms with E-state index in [0.29, 0.717) is 10.7 Å². The number of halogens is 2. The molecule has 5 heteroatoms. The van der Waals surface area contributed by atoms with E-state index in [-0.39, 0.29) is 11.7 Å². The van der Waals surface area contributed by atoms with E-state index in [4.69, 9.17) is 11.6 Å². The van der Waals surface area contributed by atoms with E-state index in [1.54, 1.807) is 19.2 Å². The molecule has 0 saturated heterocycles. The Labute approximate surface area is 138 Å². The van der Waals surface area contributed by atoms with E-state index in [2.05, 4.69) is 5.32 Å². The normalized spacial score (nSPS) is 11.0. The van der Waals surface area contributed by atoms with Gasteiger partial charge in [0.05, 0.1) is 5.52 Å². The number of carbonyl (C=O) groups excluding carboxylic acids is 1. The van der Waals surface area contributed by atoms with Gasteiger partial charge in [0.15, 0.2) is 0 Å². The van der Waals surface area contributed by atoms with Gasteiger partial charge >= 0.3 is 0 Å². The molecule has 3 rings (SSSR count). The summed E-state index contributed by atoms with van der Waals surface area (Å²) in [4.78, 5) is 12.2. The molecule has 118 valence electrons. The molecule has 1 amide bonds. The van der Waals surface area contributed by atoms with Crippen molar-refractivity contribution in [3.8, 4) is 11.1 Å². The molecule has 0 fully saturated rings. The molecule has 2 aromatic carbocycles. The van der Waals surface area contributed by atoms with Crippen LogP contribution in [0.25, 0.3) is 22.0 Å². The molecule has 1 heterocycles. The number of fused-ring (bicyclic) bond motifs is 1. The van der Waals surface area contributed by atoms with Crippen molar-refractivity contribution in [1.82, 2.24) is 9.88 Å². The summed E-state index contributed by atoms with van der Waals surface area (Å²) in [5.41, 5.74) is 3.70. The van der Waals surface area contributed by atoms with Crippen LogP contribution in [0.1, 0.15) is 16.1 Å². The number of benzene rings is 2. The summed E-state index contributed by atoms with van der Waals surface area (Å²) in [6.45, 7) is 1.83. The van der Waals surface area contributed by atoms with Crippen LogP contribution in [0.5, 0.6) is 0 Å². The average Bonchev–Trinajstić information content (AvgIpc) is 2.78. The molecule has 0 spiro atoms. The molecule has 3 nitrogen and oxygen atoms in total. The molecule has 1 N–H and O–H groups in total. The second-order valence-corrected chi connectivity index (χ2v) is 5.90. The minimum Gasteiger partial charge on any atom is -0.354 e. The Morgan fingerprint density at radius 2 is 1.87 bits per heavy atom. The van der Waals surface area contributed by atoms with Crippen LogP contribution < -0.4 is 5.32 Å². The van der Waals surface area contributed by atoms with Crippen molar-refractivity contribution >= 4 is 28.4 Å². The molecule has 0 aliphatic heterocycles. The van der Waals surface area contributed by atoms with Crippen LogP contribution in [0.4, 0.5) is 4.39 Å². The molecule has 3 aromatic rings. The van der Waals surface area contributed by atoms with Crippen LogP contribution in [-0.4, -0.2) is 17.5 Å². The third kappa shape index (κ3) is 2.49. The summed E-state index contributed by atoms with van der Waals surface area (Å²) >= 11 is 5.94. The number of nitrogens with zero attached hydrogens (tertiary/aromatic N) is 1. The van der Waals surface area contributed by atoms with Gasteiger partial charge in [0.2, 0.25) is 0 Å². The zero-order valence-corrected chi connectivity index (χ0v) is 13.8. The Bertz CT molecular complexity index is 913. The maximum atomic E-state index is 14.1. The topological polar surface area (TPSA) is 34.0 Å². The molecular formula is C18H16ClFN2O. The van der Waals surface area contributed by atoms with E-state index < -0.39 is 0 Å². The summed E-state index contributed by atoms with van der Waals surface area (Å²) in [7, 11) is 3.40. The van der Waals surface area contributed by atoms with Crippen LogP contribution in [0.3, 0.4) is 0 Å². The lowest BCUT2D eigenvalue weighted by molar-refractivity contribution is 0.0955. The summed E-state index contributed by atoms with van der Waals surface area (Å²) in [6, 6.07) is 10.2. The molecule has 0 saturated carbocycles. The van der Waals surface area contributed by atoms with Crippen LogP contribution in [-0.2, 0) is 7.05 Å². The van der Waals surface area contributed by atoms with E-state index in [1.807, 2.05) is 30.7 Å². The van der Waals surface area contributed by atoms with Gasteiger partial charge in [0, 0.05) is 30.1 Å². The Morgan fingerprint density at radius 1 is 1.22 bits per heavy atom. The molecule has 0 radical (unpaired) electrons.